The Morgan fingerprint density at radius 2 is 2.00 bits per heavy atom. The van der Waals surface area contributed by atoms with Gasteiger partial charge in [0.15, 0.2) is 0 Å². The maximum Gasteiger partial charge on any atom is 0.259 e. The first-order valence-electron chi connectivity index (χ1n) is 6.95. The Morgan fingerprint density at radius 1 is 1.27 bits per heavy atom. The van der Waals surface area contributed by atoms with Crippen LogP contribution in [0, 0.1) is 13.8 Å². The lowest BCUT2D eigenvalue weighted by atomic mass is 10.2. The summed E-state index contributed by atoms with van der Waals surface area (Å²) in [6, 6.07) is 7.62. The number of hydrogen-bond acceptors (Lipinski definition) is 5. The summed E-state index contributed by atoms with van der Waals surface area (Å²) in [6.45, 7) is 4.43. The molecule has 1 aromatic carbocycles. The van der Waals surface area contributed by atoms with Crippen LogP contribution < -0.4 is 15.6 Å². The van der Waals surface area contributed by atoms with Crippen LogP contribution in [0.15, 0.2) is 29.1 Å². The van der Waals surface area contributed by atoms with Crippen molar-refractivity contribution in [1.82, 2.24) is 9.97 Å². The number of aryl methyl sites for hydroxylation is 2. The maximum atomic E-state index is 12.2. The second kappa shape index (κ2) is 5.81. The normalized spacial score (nSPS) is 10.9. The van der Waals surface area contributed by atoms with E-state index in [2.05, 4.69) is 15.3 Å². The second-order valence-corrected chi connectivity index (χ2v) is 6.26. The standard InChI is InChI=1S/C16H17N3O2S/c1-9-10(2)22-16-14(9)15(20)18-13(19-16)8-17-11-4-6-12(21-3)7-5-11/h4-7,17H,8H2,1-3H3,(H,18,19,20). The van der Waals surface area contributed by atoms with Gasteiger partial charge in [-0.15, -0.1) is 11.3 Å². The number of H-pyrrole nitrogens is 1. The number of aromatic nitrogens is 2. The van der Waals surface area contributed by atoms with Crippen molar-refractivity contribution in [1.29, 1.82) is 0 Å². The van der Waals surface area contributed by atoms with Gasteiger partial charge in [-0.05, 0) is 43.7 Å². The van der Waals surface area contributed by atoms with Crippen LogP contribution in [0.1, 0.15) is 16.3 Å². The molecule has 0 aliphatic carbocycles. The molecule has 0 amide bonds. The van der Waals surface area contributed by atoms with E-state index in [1.165, 1.54) is 0 Å². The lowest BCUT2D eigenvalue weighted by Gasteiger charge is -2.07. The predicted octanol–water partition coefficient (Wildman–Crippen LogP) is 3.22. The van der Waals surface area contributed by atoms with Crippen molar-refractivity contribution in [3.63, 3.8) is 0 Å². The quantitative estimate of drug-likeness (QED) is 0.776. The molecule has 2 N–H and O–H groups in total. The van der Waals surface area contributed by atoms with Crippen LogP contribution in [-0.2, 0) is 6.54 Å². The van der Waals surface area contributed by atoms with E-state index in [9.17, 15) is 4.79 Å². The Kier molecular flexibility index (Phi) is 3.85. The molecule has 0 spiro atoms. The van der Waals surface area contributed by atoms with E-state index in [0.29, 0.717) is 17.8 Å². The maximum absolute atomic E-state index is 12.2. The zero-order valence-corrected chi connectivity index (χ0v) is 13.5. The van der Waals surface area contributed by atoms with Gasteiger partial charge in [-0.2, -0.15) is 0 Å². The van der Waals surface area contributed by atoms with Crippen LogP contribution in [0.25, 0.3) is 10.2 Å². The highest BCUT2D eigenvalue weighted by atomic mass is 32.1. The molecule has 22 heavy (non-hydrogen) atoms. The average molecular weight is 315 g/mol. The fourth-order valence-corrected chi connectivity index (χ4v) is 3.33. The third kappa shape index (κ3) is 2.69. The third-order valence-corrected chi connectivity index (χ3v) is 4.74. The lowest BCUT2D eigenvalue weighted by molar-refractivity contribution is 0.415. The fourth-order valence-electron chi connectivity index (χ4n) is 2.28. The predicted molar refractivity (Wildman–Crippen MR) is 90.0 cm³/mol. The molecule has 2 aromatic heterocycles. The van der Waals surface area contributed by atoms with E-state index in [1.807, 2.05) is 38.1 Å². The van der Waals surface area contributed by atoms with Crippen molar-refractivity contribution in [3.05, 3.63) is 50.9 Å². The molecule has 0 bridgehead atoms. The zero-order valence-electron chi connectivity index (χ0n) is 12.7. The van der Waals surface area contributed by atoms with E-state index in [1.54, 1.807) is 18.4 Å². The molecule has 5 nitrogen and oxygen atoms in total. The van der Waals surface area contributed by atoms with Gasteiger partial charge in [0.25, 0.3) is 5.56 Å². The Labute approximate surface area is 132 Å². The van der Waals surface area contributed by atoms with E-state index in [4.69, 9.17) is 4.74 Å². The zero-order chi connectivity index (χ0) is 15.7. The molecule has 0 aliphatic heterocycles. The van der Waals surface area contributed by atoms with Gasteiger partial charge >= 0.3 is 0 Å². The van der Waals surface area contributed by atoms with Gasteiger partial charge in [0, 0.05) is 10.6 Å². The molecule has 0 atom stereocenters. The molecule has 0 unspecified atom stereocenters. The summed E-state index contributed by atoms with van der Waals surface area (Å²) < 4.78 is 5.12. The van der Waals surface area contributed by atoms with Crippen molar-refractivity contribution in [3.8, 4) is 5.75 Å². The van der Waals surface area contributed by atoms with Gasteiger partial charge in [0.1, 0.15) is 16.4 Å². The summed E-state index contributed by atoms with van der Waals surface area (Å²) in [6.07, 6.45) is 0. The number of ether oxygens (including phenoxy) is 1. The van der Waals surface area contributed by atoms with Crippen molar-refractivity contribution in [2.75, 3.05) is 12.4 Å². The summed E-state index contributed by atoms with van der Waals surface area (Å²) in [5.41, 5.74) is 1.89. The topological polar surface area (TPSA) is 67.0 Å². The number of nitrogens with zero attached hydrogens (tertiary/aromatic N) is 1. The molecule has 6 heteroatoms. The summed E-state index contributed by atoms with van der Waals surface area (Å²) in [4.78, 5) is 21.5. The molecule has 3 rings (SSSR count). The Balaban J connectivity index is 1.83. The molecular formula is C16H17N3O2S. The van der Waals surface area contributed by atoms with Gasteiger partial charge in [-0.3, -0.25) is 4.79 Å². The van der Waals surface area contributed by atoms with E-state index in [0.717, 1.165) is 26.7 Å². The van der Waals surface area contributed by atoms with E-state index < -0.39 is 0 Å². The number of anilines is 1. The van der Waals surface area contributed by atoms with Crippen molar-refractivity contribution >= 4 is 27.2 Å². The Bertz CT molecular complexity index is 865. The summed E-state index contributed by atoms with van der Waals surface area (Å²) in [5.74, 6) is 1.44. The highest BCUT2D eigenvalue weighted by molar-refractivity contribution is 7.18. The van der Waals surface area contributed by atoms with Crippen molar-refractivity contribution < 1.29 is 4.74 Å². The molecule has 3 aromatic rings. The third-order valence-electron chi connectivity index (χ3n) is 3.64. The summed E-state index contributed by atoms with van der Waals surface area (Å²) in [7, 11) is 1.64. The van der Waals surface area contributed by atoms with Crippen LogP contribution in [0.3, 0.4) is 0 Å². The molecule has 0 saturated heterocycles. The molecule has 0 saturated carbocycles. The van der Waals surface area contributed by atoms with Gasteiger partial charge in [0.05, 0.1) is 19.0 Å². The largest absolute Gasteiger partial charge is 0.497 e. The van der Waals surface area contributed by atoms with Gasteiger partial charge < -0.3 is 15.0 Å². The molecule has 2 heterocycles. The van der Waals surface area contributed by atoms with Crippen LogP contribution >= 0.6 is 11.3 Å². The lowest BCUT2D eigenvalue weighted by Crippen LogP contribution is -2.14. The minimum absolute atomic E-state index is 0.0709. The minimum Gasteiger partial charge on any atom is -0.497 e. The van der Waals surface area contributed by atoms with Gasteiger partial charge in [-0.25, -0.2) is 4.98 Å². The highest BCUT2D eigenvalue weighted by Gasteiger charge is 2.11. The number of fused-ring (bicyclic) bond motifs is 1. The number of hydrogen-bond donors (Lipinski definition) is 2. The fraction of sp³-hybridized carbons (Fsp3) is 0.250. The van der Waals surface area contributed by atoms with Crippen LogP contribution in [0.4, 0.5) is 5.69 Å². The number of aromatic amines is 1. The molecular weight excluding hydrogens is 298 g/mol. The highest BCUT2D eigenvalue weighted by Crippen LogP contribution is 2.25. The number of nitrogens with one attached hydrogen (secondary N) is 2. The summed E-state index contributed by atoms with van der Waals surface area (Å²) in [5, 5.41) is 3.95. The number of thiophene rings is 1. The van der Waals surface area contributed by atoms with Crippen molar-refractivity contribution in [2.24, 2.45) is 0 Å². The van der Waals surface area contributed by atoms with Gasteiger partial charge in [-0.1, -0.05) is 0 Å². The number of methoxy groups -OCH3 is 1. The van der Waals surface area contributed by atoms with Crippen LogP contribution in [0.2, 0.25) is 0 Å². The van der Waals surface area contributed by atoms with E-state index >= 15 is 0 Å². The summed E-state index contributed by atoms with van der Waals surface area (Å²) >= 11 is 1.56. The first-order valence-corrected chi connectivity index (χ1v) is 7.77. The monoisotopic (exact) mass is 315 g/mol. The number of benzene rings is 1. The van der Waals surface area contributed by atoms with E-state index in [-0.39, 0.29) is 5.56 Å². The first kappa shape index (κ1) is 14.6. The van der Waals surface area contributed by atoms with Crippen LogP contribution in [0.5, 0.6) is 5.75 Å². The smallest absolute Gasteiger partial charge is 0.259 e. The molecule has 114 valence electrons. The SMILES string of the molecule is COc1ccc(NCc2nc3sc(C)c(C)c3c(=O)[nH]2)cc1. The van der Waals surface area contributed by atoms with Crippen molar-refractivity contribution in [2.45, 2.75) is 20.4 Å². The van der Waals surface area contributed by atoms with Gasteiger partial charge in [0.2, 0.25) is 0 Å². The number of rotatable bonds is 4. The second-order valence-electron chi connectivity index (χ2n) is 5.06. The van der Waals surface area contributed by atoms with Crippen LogP contribution in [-0.4, -0.2) is 17.1 Å². The molecule has 0 radical (unpaired) electrons. The minimum atomic E-state index is -0.0709. The molecule has 0 aliphatic rings. The average Bonchev–Trinajstić information content (AvgIpc) is 2.81. The Morgan fingerprint density at radius 3 is 2.68 bits per heavy atom. The first-order chi connectivity index (χ1) is 10.6. The Hall–Kier alpha value is -2.34. The molecule has 0 fully saturated rings.